The van der Waals surface area contributed by atoms with Crippen molar-refractivity contribution in [1.82, 2.24) is 20.1 Å². The van der Waals surface area contributed by atoms with E-state index in [-0.39, 0.29) is 17.8 Å². The number of nitrogens with zero attached hydrogens (tertiary/aromatic N) is 2. The number of nitrogens with one attached hydrogen (secondary N) is 2. The van der Waals surface area contributed by atoms with Crippen LogP contribution in [0.1, 0.15) is 36.5 Å². The Morgan fingerprint density at radius 3 is 2.67 bits per heavy atom. The molecule has 1 aromatic carbocycles. The minimum absolute atomic E-state index is 0.0515. The minimum Gasteiger partial charge on any atom is -0.347 e. The predicted molar refractivity (Wildman–Crippen MR) is 84.6 cm³/mol. The standard InChI is InChI=1S/C16H20F2N4O2/c1-4-10(7-11-5-6-12(17)8-13(11)18)9(2)19-15(23)14-20-16(24)22(3)21-14/h5-6,8-10H,4,7H2,1-3H3,(H,19,23)(H,20,21,24)/t9-,10-/m0/s1. The second kappa shape index (κ2) is 7.37. The third kappa shape index (κ3) is 4.06. The summed E-state index contributed by atoms with van der Waals surface area (Å²) in [7, 11) is 1.44. The van der Waals surface area contributed by atoms with Crippen molar-refractivity contribution >= 4 is 5.91 Å². The average molecular weight is 338 g/mol. The lowest BCUT2D eigenvalue weighted by Crippen LogP contribution is -2.39. The molecule has 0 saturated heterocycles. The molecular weight excluding hydrogens is 318 g/mol. The van der Waals surface area contributed by atoms with Gasteiger partial charge in [-0.25, -0.2) is 18.3 Å². The molecule has 2 N–H and O–H groups in total. The van der Waals surface area contributed by atoms with Gasteiger partial charge in [0.1, 0.15) is 11.6 Å². The highest BCUT2D eigenvalue weighted by Gasteiger charge is 2.22. The van der Waals surface area contributed by atoms with Crippen molar-refractivity contribution in [2.75, 3.05) is 0 Å². The van der Waals surface area contributed by atoms with Crippen molar-refractivity contribution in [3.63, 3.8) is 0 Å². The van der Waals surface area contributed by atoms with E-state index in [0.29, 0.717) is 18.4 Å². The summed E-state index contributed by atoms with van der Waals surface area (Å²) in [5.74, 6) is -1.84. The second-order valence-electron chi connectivity index (χ2n) is 5.77. The van der Waals surface area contributed by atoms with Gasteiger partial charge in [0.15, 0.2) is 0 Å². The van der Waals surface area contributed by atoms with Gasteiger partial charge in [-0.3, -0.25) is 9.78 Å². The number of H-pyrrole nitrogens is 1. The molecule has 0 radical (unpaired) electrons. The van der Waals surface area contributed by atoms with Crippen LogP contribution in [0, 0.1) is 17.6 Å². The Morgan fingerprint density at radius 2 is 2.12 bits per heavy atom. The van der Waals surface area contributed by atoms with Crippen LogP contribution in [0.5, 0.6) is 0 Å². The first-order valence-electron chi connectivity index (χ1n) is 7.70. The normalized spacial score (nSPS) is 13.5. The summed E-state index contributed by atoms with van der Waals surface area (Å²) in [6.45, 7) is 3.73. The molecule has 2 aromatic rings. The molecule has 2 rings (SSSR count). The quantitative estimate of drug-likeness (QED) is 0.842. The van der Waals surface area contributed by atoms with Gasteiger partial charge >= 0.3 is 5.69 Å². The lowest BCUT2D eigenvalue weighted by Gasteiger charge is -2.23. The Hall–Kier alpha value is -2.51. The number of aromatic amines is 1. The van der Waals surface area contributed by atoms with Gasteiger partial charge in [0, 0.05) is 19.2 Å². The van der Waals surface area contributed by atoms with Crippen LogP contribution in [0.15, 0.2) is 23.0 Å². The van der Waals surface area contributed by atoms with Crippen LogP contribution in [0.4, 0.5) is 8.78 Å². The van der Waals surface area contributed by atoms with Crippen LogP contribution < -0.4 is 11.0 Å². The van der Waals surface area contributed by atoms with Gasteiger partial charge in [-0.05, 0) is 30.9 Å². The third-order valence-electron chi connectivity index (χ3n) is 4.07. The number of carbonyl (C=O) groups excluding carboxylic acids is 1. The fourth-order valence-corrected chi connectivity index (χ4v) is 2.54. The highest BCUT2D eigenvalue weighted by molar-refractivity contribution is 5.90. The number of aromatic nitrogens is 3. The van der Waals surface area contributed by atoms with Crippen molar-refractivity contribution in [3.8, 4) is 0 Å². The Morgan fingerprint density at radius 1 is 1.42 bits per heavy atom. The number of aryl methyl sites for hydroxylation is 1. The molecule has 0 spiro atoms. The largest absolute Gasteiger partial charge is 0.347 e. The fourth-order valence-electron chi connectivity index (χ4n) is 2.54. The Bertz CT molecular complexity index is 785. The van der Waals surface area contributed by atoms with Gasteiger partial charge in [-0.2, -0.15) is 0 Å². The summed E-state index contributed by atoms with van der Waals surface area (Å²) in [5, 5.41) is 6.55. The summed E-state index contributed by atoms with van der Waals surface area (Å²) in [5.41, 5.74) is -0.0798. The summed E-state index contributed by atoms with van der Waals surface area (Å²) in [4.78, 5) is 25.8. The first-order chi connectivity index (χ1) is 11.3. The molecular formula is C16H20F2N4O2. The molecule has 0 aliphatic carbocycles. The zero-order chi connectivity index (χ0) is 17.9. The highest BCUT2D eigenvalue weighted by atomic mass is 19.1. The van der Waals surface area contributed by atoms with E-state index in [1.807, 2.05) is 6.92 Å². The minimum atomic E-state index is -0.621. The van der Waals surface area contributed by atoms with E-state index in [4.69, 9.17) is 0 Å². The average Bonchev–Trinajstić information content (AvgIpc) is 2.86. The molecule has 0 bridgehead atoms. The molecule has 1 amide bonds. The molecule has 130 valence electrons. The second-order valence-corrected chi connectivity index (χ2v) is 5.77. The summed E-state index contributed by atoms with van der Waals surface area (Å²) in [6.07, 6.45) is 1.06. The lowest BCUT2D eigenvalue weighted by molar-refractivity contribution is 0.0915. The van der Waals surface area contributed by atoms with E-state index >= 15 is 0 Å². The maximum absolute atomic E-state index is 13.8. The van der Waals surface area contributed by atoms with Gasteiger partial charge < -0.3 is 5.32 Å². The predicted octanol–water partition coefficient (Wildman–Crippen LogP) is 1.77. The summed E-state index contributed by atoms with van der Waals surface area (Å²) in [6, 6.07) is 3.20. The molecule has 0 unspecified atom stereocenters. The fraction of sp³-hybridized carbons (Fsp3) is 0.438. The van der Waals surface area contributed by atoms with Gasteiger partial charge in [0.2, 0.25) is 5.82 Å². The molecule has 0 saturated carbocycles. The summed E-state index contributed by atoms with van der Waals surface area (Å²) >= 11 is 0. The van der Waals surface area contributed by atoms with Crippen LogP contribution in [0.2, 0.25) is 0 Å². The van der Waals surface area contributed by atoms with Gasteiger partial charge in [0.25, 0.3) is 5.91 Å². The van der Waals surface area contributed by atoms with Crippen LogP contribution in [-0.4, -0.2) is 26.7 Å². The van der Waals surface area contributed by atoms with E-state index in [9.17, 15) is 18.4 Å². The SMILES string of the molecule is CC[C@@H](Cc1ccc(F)cc1F)[C@H](C)NC(=O)c1nn(C)c(=O)[nH]1. The molecule has 1 aromatic heterocycles. The van der Waals surface area contributed by atoms with E-state index in [0.717, 1.165) is 10.7 Å². The summed E-state index contributed by atoms with van der Waals surface area (Å²) < 4.78 is 27.8. The van der Waals surface area contributed by atoms with Gasteiger partial charge in [-0.1, -0.05) is 19.4 Å². The van der Waals surface area contributed by atoms with Crippen LogP contribution in [-0.2, 0) is 13.5 Å². The number of halogens is 2. The smallest absolute Gasteiger partial charge is 0.343 e. The topological polar surface area (TPSA) is 79.8 Å². The first-order valence-corrected chi connectivity index (χ1v) is 7.70. The maximum Gasteiger partial charge on any atom is 0.343 e. The lowest BCUT2D eigenvalue weighted by atomic mass is 9.90. The number of hydrogen-bond donors (Lipinski definition) is 2. The van der Waals surface area contributed by atoms with Crippen LogP contribution in [0.3, 0.4) is 0 Å². The molecule has 6 nitrogen and oxygen atoms in total. The van der Waals surface area contributed by atoms with Crippen molar-refractivity contribution in [3.05, 3.63) is 51.7 Å². The Labute approximate surface area is 137 Å². The van der Waals surface area contributed by atoms with Crippen molar-refractivity contribution in [2.24, 2.45) is 13.0 Å². The molecule has 0 fully saturated rings. The molecule has 24 heavy (non-hydrogen) atoms. The molecule has 0 aliphatic heterocycles. The van der Waals surface area contributed by atoms with Crippen molar-refractivity contribution in [1.29, 1.82) is 0 Å². The molecule has 1 heterocycles. The number of amides is 1. The van der Waals surface area contributed by atoms with Crippen LogP contribution >= 0.6 is 0 Å². The third-order valence-corrected chi connectivity index (χ3v) is 4.07. The number of carbonyl (C=O) groups is 1. The number of benzene rings is 1. The van der Waals surface area contributed by atoms with E-state index in [1.165, 1.54) is 19.2 Å². The van der Waals surface area contributed by atoms with Crippen LogP contribution in [0.25, 0.3) is 0 Å². The zero-order valence-electron chi connectivity index (χ0n) is 13.8. The number of hydrogen-bond acceptors (Lipinski definition) is 3. The van der Waals surface area contributed by atoms with Gasteiger partial charge in [0.05, 0.1) is 0 Å². The van der Waals surface area contributed by atoms with Gasteiger partial charge in [-0.15, -0.1) is 5.10 Å². The molecule has 2 atom stereocenters. The first kappa shape index (κ1) is 17.8. The number of rotatable bonds is 6. The molecule has 0 aliphatic rings. The van der Waals surface area contributed by atoms with Crippen molar-refractivity contribution < 1.29 is 13.6 Å². The Balaban J connectivity index is 2.06. The molecule has 8 heteroatoms. The maximum atomic E-state index is 13.8. The van der Waals surface area contributed by atoms with E-state index < -0.39 is 23.2 Å². The van der Waals surface area contributed by atoms with Crippen molar-refractivity contribution in [2.45, 2.75) is 32.7 Å². The highest BCUT2D eigenvalue weighted by Crippen LogP contribution is 2.19. The van der Waals surface area contributed by atoms with E-state index in [2.05, 4.69) is 15.4 Å². The zero-order valence-corrected chi connectivity index (χ0v) is 13.8. The monoisotopic (exact) mass is 338 g/mol. The Kier molecular flexibility index (Phi) is 5.48. The van der Waals surface area contributed by atoms with E-state index in [1.54, 1.807) is 6.92 Å².